The number of guanidine groups is 1. The Kier molecular flexibility index (Phi) is 5.73. The highest BCUT2D eigenvalue weighted by Gasteiger charge is 2.44. The van der Waals surface area contributed by atoms with Gasteiger partial charge in [-0.05, 0) is 56.5 Å². The van der Waals surface area contributed by atoms with Crippen molar-refractivity contribution in [3.63, 3.8) is 0 Å². The van der Waals surface area contributed by atoms with Gasteiger partial charge in [-0.25, -0.2) is 4.99 Å². The zero-order chi connectivity index (χ0) is 18.6. The molecule has 0 saturated heterocycles. The van der Waals surface area contributed by atoms with Gasteiger partial charge in [-0.2, -0.15) is 0 Å². The van der Waals surface area contributed by atoms with Gasteiger partial charge in [0.1, 0.15) is 11.4 Å². The third-order valence-corrected chi connectivity index (χ3v) is 5.32. The molecule has 1 fully saturated rings. The van der Waals surface area contributed by atoms with Gasteiger partial charge in [0.15, 0.2) is 5.96 Å². The number of hydrogen-bond acceptors (Lipinski definition) is 3. The van der Waals surface area contributed by atoms with Crippen molar-refractivity contribution in [1.82, 2.24) is 10.6 Å². The number of hydrogen-bond donors (Lipinski definition) is 3. The molecule has 26 heavy (non-hydrogen) atoms. The van der Waals surface area contributed by atoms with Gasteiger partial charge in [0.2, 0.25) is 0 Å². The maximum Gasteiger partial charge on any atom is 0.191 e. The number of nitrogens with zero attached hydrogens (tertiary/aromatic N) is 1. The Morgan fingerprint density at radius 1 is 1.31 bits per heavy atom. The molecule has 0 bridgehead atoms. The zero-order valence-electron chi connectivity index (χ0n) is 15.3. The van der Waals surface area contributed by atoms with Crippen molar-refractivity contribution in [3.8, 4) is 0 Å². The minimum absolute atomic E-state index is 0.170. The molecule has 3 rings (SSSR count). The van der Waals surface area contributed by atoms with Crippen LogP contribution >= 0.6 is 15.9 Å². The highest BCUT2D eigenvalue weighted by Crippen LogP contribution is 2.48. The normalized spacial score (nSPS) is 18.2. The lowest BCUT2D eigenvalue weighted by Gasteiger charge is -2.21. The SMILES string of the molecule is CCNC(=NCC(C)(O)c1ccco1)NCC1(c2cccc(Br)c2)CC1. The van der Waals surface area contributed by atoms with Crippen molar-refractivity contribution >= 4 is 21.9 Å². The molecule has 0 radical (unpaired) electrons. The van der Waals surface area contributed by atoms with Gasteiger partial charge in [0, 0.05) is 23.0 Å². The first-order valence-electron chi connectivity index (χ1n) is 9.00. The summed E-state index contributed by atoms with van der Waals surface area (Å²) in [5.41, 5.74) is 0.384. The molecule has 6 heteroatoms. The lowest BCUT2D eigenvalue weighted by molar-refractivity contribution is 0.0437. The first-order valence-corrected chi connectivity index (χ1v) is 9.79. The van der Waals surface area contributed by atoms with E-state index in [0.717, 1.165) is 17.6 Å². The fraction of sp³-hybridized carbons (Fsp3) is 0.450. The summed E-state index contributed by atoms with van der Waals surface area (Å²) in [4.78, 5) is 4.56. The number of rotatable bonds is 7. The van der Waals surface area contributed by atoms with Gasteiger partial charge >= 0.3 is 0 Å². The summed E-state index contributed by atoms with van der Waals surface area (Å²) < 4.78 is 6.43. The van der Waals surface area contributed by atoms with Crippen LogP contribution in [0.1, 0.15) is 38.0 Å². The van der Waals surface area contributed by atoms with E-state index in [4.69, 9.17) is 4.42 Å². The predicted octanol–water partition coefficient (Wildman–Crippen LogP) is 3.54. The summed E-state index contributed by atoms with van der Waals surface area (Å²) in [7, 11) is 0. The molecule has 3 N–H and O–H groups in total. The molecule has 1 aliphatic rings. The molecule has 0 spiro atoms. The summed E-state index contributed by atoms with van der Waals surface area (Å²) in [6, 6.07) is 12.0. The fourth-order valence-electron chi connectivity index (χ4n) is 3.03. The molecule has 0 aliphatic heterocycles. The summed E-state index contributed by atoms with van der Waals surface area (Å²) in [6.45, 7) is 5.54. The number of halogens is 1. The molecular weight excluding hydrogens is 394 g/mol. The van der Waals surface area contributed by atoms with Crippen LogP contribution in [0.3, 0.4) is 0 Å². The van der Waals surface area contributed by atoms with Gasteiger partial charge < -0.3 is 20.2 Å². The molecular formula is C20H26BrN3O2. The number of furan rings is 1. The average Bonchev–Trinajstić information content (AvgIpc) is 3.19. The second-order valence-electron chi connectivity index (χ2n) is 7.09. The van der Waals surface area contributed by atoms with Crippen LogP contribution in [0.2, 0.25) is 0 Å². The monoisotopic (exact) mass is 419 g/mol. The van der Waals surface area contributed by atoms with E-state index in [1.54, 1.807) is 25.3 Å². The van der Waals surface area contributed by atoms with E-state index in [9.17, 15) is 5.11 Å². The number of aliphatic imine (C=N–C) groups is 1. The second kappa shape index (κ2) is 7.84. The van der Waals surface area contributed by atoms with Crippen molar-refractivity contribution in [2.45, 2.75) is 37.7 Å². The lowest BCUT2D eigenvalue weighted by Crippen LogP contribution is -2.42. The Balaban J connectivity index is 1.65. The molecule has 2 aromatic rings. The number of benzene rings is 1. The molecule has 140 valence electrons. The van der Waals surface area contributed by atoms with Gasteiger partial charge in [-0.1, -0.05) is 28.1 Å². The van der Waals surface area contributed by atoms with E-state index >= 15 is 0 Å². The Morgan fingerprint density at radius 3 is 2.73 bits per heavy atom. The molecule has 0 amide bonds. The Hall–Kier alpha value is -1.79. The molecule has 1 aromatic carbocycles. The Bertz CT molecular complexity index is 752. The standard InChI is InChI=1S/C20H26BrN3O2/c1-3-22-18(23-13-19(2,25)17-8-5-11-26-17)24-14-20(9-10-20)15-6-4-7-16(21)12-15/h4-8,11-12,25H,3,9-10,13-14H2,1-2H3,(H2,22,23,24). The van der Waals surface area contributed by atoms with Crippen molar-refractivity contribution in [3.05, 3.63) is 58.5 Å². The lowest BCUT2D eigenvalue weighted by atomic mass is 9.96. The molecule has 1 unspecified atom stereocenters. The maximum atomic E-state index is 10.6. The van der Waals surface area contributed by atoms with Crippen molar-refractivity contribution < 1.29 is 9.52 Å². The van der Waals surface area contributed by atoms with Gasteiger partial charge in [0.05, 0.1) is 12.8 Å². The van der Waals surface area contributed by atoms with Crippen molar-refractivity contribution in [2.24, 2.45) is 4.99 Å². The first kappa shape index (κ1) is 19.0. The predicted molar refractivity (Wildman–Crippen MR) is 107 cm³/mol. The smallest absolute Gasteiger partial charge is 0.191 e. The van der Waals surface area contributed by atoms with E-state index in [1.807, 2.05) is 6.92 Å². The average molecular weight is 420 g/mol. The minimum Gasteiger partial charge on any atom is -0.466 e. The van der Waals surface area contributed by atoms with Crippen LogP contribution in [-0.2, 0) is 11.0 Å². The van der Waals surface area contributed by atoms with Crippen LogP contribution in [0.25, 0.3) is 0 Å². The highest BCUT2D eigenvalue weighted by molar-refractivity contribution is 9.10. The molecule has 1 atom stereocenters. The van der Waals surface area contributed by atoms with E-state index in [-0.39, 0.29) is 12.0 Å². The summed E-state index contributed by atoms with van der Waals surface area (Å²) in [6.07, 6.45) is 3.89. The van der Waals surface area contributed by atoms with E-state index in [1.165, 1.54) is 18.4 Å². The Morgan fingerprint density at radius 2 is 2.12 bits per heavy atom. The summed E-state index contributed by atoms with van der Waals surface area (Å²) in [5.74, 6) is 1.23. The van der Waals surface area contributed by atoms with Gasteiger partial charge in [0.25, 0.3) is 0 Å². The second-order valence-corrected chi connectivity index (χ2v) is 8.01. The first-order chi connectivity index (χ1) is 12.5. The van der Waals surface area contributed by atoms with Crippen LogP contribution in [0.5, 0.6) is 0 Å². The third-order valence-electron chi connectivity index (χ3n) is 4.83. The van der Waals surface area contributed by atoms with Gasteiger partial charge in [-0.3, -0.25) is 0 Å². The van der Waals surface area contributed by atoms with E-state index in [0.29, 0.717) is 11.7 Å². The fourth-order valence-corrected chi connectivity index (χ4v) is 3.43. The molecule has 1 aromatic heterocycles. The molecule has 5 nitrogen and oxygen atoms in total. The van der Waals surface area contributed by atoms with Crippen molar-refractivity contribution in [1.29, 1.82) is 0 Å². The molecule has 1 saturated carbocycles. The number of aliphatic hydroxyl groups is 1. The van der Waals surface area contributed by atoms with Crippen LogP contribution < -0.4 is 10.6 Å². The van der Waals surface area contributed by atoms with Crippen molar-refractivity contribution in [2.75, 3.05) is 19.6 Å². The number of nitrogens with one attached hydrogen (secondary N) is 2. The third kappa shape index (κ3) is 4.48. The van der Waals surface area contributed by atoms with E-state index in [2.05, 4.69) is 55.8 Å². The van der Waals surface area contributed by atoms with Crippen LogP contribution in [0.15, 0.2) is 56.5 Å². The minimum atomic E-state index is -1.13. The largest absolute Gasteiger partial charge is 0.466 e. The summed E-state index contributed by atoms with van der Waals surface area (Å²) in [5, 5.41) is 17.3. The molecule has 1 aliphatic carbocycles. The zero-order valence-corrected chi connectivity index (χ0v) is 16.8. The molecule has 1 heterocycles. The highest BCUT2D eigenvalue weighted by atomic mass is 79.9. The van der Waals surface area contributed by atoms with Gasteiger partial charge in [-0.15, -0.1) is 0 Å². The maximum absolute atomic E-state index is 10.6. The quantitative estimate of drug-likeness (QED) is 0.474. The van der Waals surface area contributed by atoms with Crippen LogP contribution in [-0.4, -0.2) is 30.7 Å². The van der Waals surface area contributed by atoms with Crippen LogP contribution in [0, 0.1) is 0 Å². The van der Waals surface area contributed by atoms with Crippen LogP contribution in [0.4, 0.5) is 0 Å². The Labute approximate surface area is 163 Å². The summed E-state index contributed by atoms with van der Waals surface area (Å²) >= 11 is 3.56. The topological polar surface area (TPSA) is 69.8 Å². The van der Waals surface area contributed by atoms with E-state index < -0.39 is 5.60 Å².